The number of aryl methyl sites for hydroxylation is 1. The van der Waals surface area contributed by atoms with Gasteiger partial charge >= 0.3 is 0 Å². The first-order valence-corrected chi connectivity index (χ1v) is 8.06. The number of carbonyl (C=O) groups is 3. The van der Waals surface area contributed by atoms with E-state index in [1.165, 1.54) is 0 Å². The van der Waals surface area contributed by atoms with Gasteiger partial charge in [0.25, 0.3) is 11.8 Å². The maximum absolute atomic E-state index is 12.4. The Hall–Kier alpha value is -2.83. The van der Waals surface area contributed by atoms with Crippen LogP contribution in [-0.4, -0.2) is 28.3 Å². The molecular weight excluding hydrogens is 320 g/mol. The van der Waals surface area contributed by atoms with E-state index in [-0.39, 0.29) is 5.91 Å². The van der Waals surface area contributed by atoms with Crippen molar-refractivity contribution in [1.29, 1.82) is 0 Å². The van der Waals surface area contributed by atoms with Crippen LogP contribution in [0.4, 0.5) is 0 Å². The molecule has 0 saturated heterocycles. The van der Waals surface area contributed by atoms with E-state index >= 15 is 0 Å². The summed E-state index contributed by atoms with van der Waals surface area (Å²) in [5.41, 5.74) is 5.53. The number of carbonyl (C=O) groups excluding carboxylic acids is 3. The van der Waals surface area contributed by atoms with E-state index in [2.05, 4.69) is 16.2 Å². The molecule has 1 atom stereocenters. The zero-order valence-electron chi connectivity index (χ0n) is 15.1. The van der Waals surface area contributed by atoms with E-state index in [1.54, 1.807) is 33.9 Å². The maximum atomic E-state index is 12.4. The molecule has 3 amide bonds. The summed E-state index contributed by atoms with van der Waals surface area (Å²) in [5.74, 6) is -1.15. The molecule has 0 bridgehead atoms. The topological polar surface area (TPSA) is 92.2 Å². The Morgan fingerprint density at radius 1 is 1.08 bits per heavy atom. The molecule has 1 unspecified atom stereocenters. The van der Waals surface area contributed by atoms with Crippen molar-refractivity contribution in [3.05, 3.63) is 36.0 Å². The molecule has 0 aliphatic carbocycles. The number of amides is 3. The molecule has 0 aliphatic rings. The van der Waals surface area contributed by atoms with Crippen LogP contribution in [-0.2, 0) is 16.6 Å². The number of fused-ring (bicyclic) bond motifs is 1. The van der Waals surface area contributed by atoms with Crippen LogP contribution >= 0.6 is 0 Å². The maximum Gasteiger partial charge on any atom is 0.271 e. The molecule has 0 aliphatic heterocycles. The lowest BCUT2D eigenvalue weighted by molar-refractivity contribution is -0.133. The molecule has 0 spiro atoms. The van der Waals surface area contributed by atoms with Gasteiger partial charge in [0, 0.05) is 29.6 Å². The normalized spacial score (nSPS) is 12.5. The van der Waals surface area contributed by atoms with Crippen molar-refractivity contribution in [2.45, 2.75) is 33.7 Å². The Kier molecular flexibility index (Phi) is 5.15. The van der Waals surface area contributed by atoms with Crippen LogP contribution in [0.2, 0.25) is 0 Å². The quantitative estimate of drug-likeness (QED) is 0.737. The lowest BCUT2D eigenvalue weighted by atomic mass is 9.95. The van der Waals surface area contributed by atoms with Crippen LogP contribution in [0.3, 0.4) is 0 Å². The Labute approximate surface area is 146 Å². The van der Waals surface area contributed by atoms with E-state index in [4.69, 9.17) is 0 Å². The highest BCUT2D eigenvalue weighted by molar-refractivity contribution is 6.07. The van der Waals surface area contributed by atoms with Crippen LogP contribution in [0.1, 0.15) is 38.1 Å². The van der Waals surface area contributed by atoms with Gasteiger partial charge in [0.15, 0.2) is 0 Å². The predicted octanol–water partition coefficient (Wildman–Crippen LogP) is 1.49. The molecule has 7 heteroatoms. The first-order chi connectivity index (χ1) is 11.6. The number of hydrogen-bond donors (Lipinski definition) is 3. The molecule has 2 rings (SSSR count). The zero-order valence-corrected chi connectivity index (χ0v) is 15.1. The van der Waals surface area contributed by atoms with Gasteiger partial charge in [-0.05, 0) is 13.0 Å². The third-order valence-corrected chi connectivity index (χ3v) is 3.86. The lowest BCUT2D eigenvalue weighted by Crippen LogP contribution is -2.52. The third kappa shape index (κ3) is 4.17. The van der Waals surface area contributed by atoms with Gasteiger partial charge in [0.2, 0.25) is 5.91 Å². The van der Waals surface area contributed by atoms with Crippen molar-refractivity contribution < 1.29 is 14.4 Å². The molecule has 0 fully saturated rings. The smallest absolute Gasteiger partial charge is 0.271 e. The minimum Gasteiger partial charge on any atom is -0.350 e. The Morgan fingerprint density at radius 3 is 2.36 bits per heavy atom. The van der Waals surface area contributed by atoms with Crippen LogP contribution < -0.4 is 16.2 Å². The first-order valence-electron chi connectivity index (χ1n) is 8.06. The van der Waals surface area contributed by atoms with Gasteiger partial charge in [0.1, 0.15) is 6.04 Å². The summed E-state index contributed by atoms with van der Waals surface area (Å²) >= 11 is 0. The first kappa shape index (κ1) is 18.5. The fourth-order valence-corrected chi connectivity index (χ4v) is 2.30. The molecule has 1 heterocycles. The van der Waals surface area contributed by atoms with E-state index in [9.17, 15) is 14.4 Å². The largest absolute Gasteiger partial charge is 0.350 e. The second-order valence-corrected chi connectivity index (χ2v) is 7.06. The molecule has 0 radical (unpaired) electrons. The van der Waals surface area contributed by atoms with Crippen LogP contribution in [0, 0.1) is 5.41 Å². The highest BCUT2D eigenvalue weighted by Crippen LogP contribution is 2.19. The van der Waals surface area contributed by atoms with Gasteiger partial charge < -0.3 is 9.88 Å². The molecule has 0 saturated carbocycles. The molecule has 134 valence electrons. The summed E-state index contributed by atoms with van der Waals surface area (Å²) in [4.78, 5) is 36.3. The van der Waals surface area contributed by atoms with Gasteiger partial charge in [-0.1, -0.05) is 39.0 Å². The molecule has 25 heavy (non-hydrogen) atoms. The molecule has 1 aromatic heterocycles. The third-order valence-electron chi connectivity index (χ3n) is 3.86. The Morgan fingerprint density at radius 2 is 1.72 bits per heavy atom. The van der Waals surface area contributed by atoms with Crippen molar-refractivity contribution in [2.24, 2.45) is 12.5 Å². The summed E-state index contributed by atoms with van der Waals surface area (Å²) in [7, 11) is 1.85. The van der Waals surface area contributed by atoms with Gasteiger partial charge in [0.05, 0.1) is 5.56 Å². The van der Waals surface area contributed by atoms with E-state index < -0.39 is 23.3 Å². The van der Waals surface area contributed by atoms with Crippen LogP contribution in [0.25, 0.3) is 10.9 Å². The number of hydrazine groups is 1. The highest BCUT2D eigenvalue weighted by atomic mass is 16.2. The fourth-order valence-electron chi connectivity index (χ4n) is 2.30. The minimum absolute atomic E-state index is 0.240. The summed E-state index contributed by atoms with van der Waals surface area (Å²) in [6, 6.07) is 6.74. The van der Waals surface area contributed by atoms with E-state index in [1.807, 2.05) is 35.9 Å². The molecule has 2 aromatic rings. The van der Waals surface area contributed by atoms with Crippen molar-refractivity contribution in [3.8, 4) is 0 Å². The number of rotatable bonds is 3. The Balaban J connectivity index is 1.99. The fraction of sp³-hybridized carbons (Fsp3) is 0.389. The number of hydrogen-bond acceptors (Lipinski definition) is 3. The van der Waals surface area contributed by atoms with E-state index in [0.717, 1.165) is 10.9 Å². The standard InChI is InChI=1S/C18H24N4O3/c1-11(19-17(25)18(2,3)4)15(23)20-21-16(24)13-10-22(5)14-9-7-6-8-12(13)14/h6-11H,1-5H3,(H,19,25)(H,20,23)(H,21,24). The van der Waals surface area contributed by atoms with Crippen LogP contribution in [0.15, 0.2) is 30.5 Å². The van der Waals surface area contributed by atoms with Gasteiger partial charge in [-0.15, -0.1) is 0 Å². The highest BCUT2D eigenvalue weighted by Gasteiger charge is 2.25. The van der Waals surface area contributed by atoms with Crippen molar-refractivity contribution >= 4 is 28.6 Å². The van der Waals surface area contributed by atoms with Gasteiger partial charge in [-0.2, -0.15) is 0 Å². The Bertz CT molecular complexity index is 817. The monoisotopic (exact) mass is 344 g/mol. The summed E-state index contributed by atoms with van der Waals surface area (Å²) in [6.07, 6.45) is 1.71. The van der Waals surface area contributed by atoms with Crippen molar-refractivity contribution in [2.75, 3.05) is 0 Å². The van der Waals surface area contributed by atoms with Crippen LogP contribution in [0.5, 0.6) is 0 Å². The average molecular weight is 344 g/mol. The summed E-state index contributed by atoms with van der Waals surface area (Å²) in [6.45, 7) is 6.84. The molecule has 1 aromatic carbocycles. The second kappa shape index (κ2) is 6.96. The lowest BCUT2D eigenvalue weighted by Gasteiger charge is -2.21. The number of para-hydroxylation sites is 1. The average Bonchev–Trinajstić information content (AvgIpc) is 2.88. The van der Waals surface area contributed by atoms with Gasteiger partial charge in [-0.25, -0.2) is 0 Å². The minimum atomic E-state index is -0.764. The summed E-state index contributed by atoms with van der Waals surface area (Å²) in [5, 5.41) is 3.41. The predicted molar refractivity (Wildman–Crippen MR) is 95.6 cm³/mol. The molecular formula is C18H24N4O3. The molecule has 7 nitrogen and oxygen atoms in total. The second-order valence-electron chi connectivity index (χ2n) is 7.06. The number of nitrogens with one attached hydrogen (secondary N) is 3. The zero-order chi connectivity index (χ0) is 18.8. The van der Waals surface area contributed by atoms with E-state index in [0.29, 0.717) is 5.56 Å². The van der Waals surface area contributed by atoms with Gasteiger partial charge in [-0.3, -0.25) is 25.2 Å². The SMILES string of the molecule is CC(NC(=O)C(C)(C)C)C(=O)NNC(=O)c1cn(C)c2ccccc12. The summed E-state index contributed by atoms with van der Waals surface area (Å²) < 4.78 is 1.85. The number of benzene rings is 1. The van der Waals surface area contributed by atoms with Crippen molar-refractivity contribution in [3.63, 3.8) is 0 Å². The van der Waals surface area contributed by atoms with Crippen molar-refractivity contribution in [1.82, 2.24) is 20.7 Å². The number of nitrogens with zero attached hydrogens (tertiary/aromatic N) is 1. The molecule has 3 N–H and O–H groups in total. The number of aromatic nitrogens is 1.